The maximum atomic E-state index is 12.8. The Bertz CT molecular complexity index is 580. The monoisotopic (exact) mass is 317 g/mol. The van der Waals surface area contributed by atoms with Crippen LogP contribution in [0.25, 0.3) is 0 Å². The van der Waals surface area contributed by atoms with Crippen molar-refractivity contribution in [1.29, 1.82) is 0 Å². The summed E-state index contributed by atoms with van der Waals surface area (Å²) in [6.45, 7) is 1.31. The molecule has 0 atom stereocenters. The molecule has 21 heavy (non-hydrogen) atoms. The van der Waals surface area contributed by atoms with E-state index in [0.717, 1.165) is 6.07 Å². The lowest BCUT2D eigenvalue weighted by atomic mass is 10.1. The first-order chi connectivity index (χ1) is 9.77. The Hall–Kier alpha value is -1.89. The molecular weight excluding hydrogens is 303 g/mol. The van der Waals surface area contributed by atoms with Crippen LogP contribution in [0.3, 0.4) is 0 Å². The van der Waals surface area contributed by atoms with E-state index in [1.165, 1.54) is 24.3 Å². The summed E-state index contributed by atoms with van der Waals surface area (Å²) in [5, 5.41) is 0. The standard InChI is InChI=1S/C14H14F3NO2S/c1-2-5-11(12(21)13(18)19)20-8-9-6-3-4-7-10(9)14(15,16)17/h2-7,21H,8H2,1H3,(H2,18,19)/b5-2+,12-11+. The van der Waals surface area contributed by atoms with Crippen LogP contribution in [0.15, 0.2) is 47.1 Å². The first kappa shape index (κ1) is 17.2. The quantitative estimate of drug-likeness (QED) is 0.378. The van der Waals surface area contributed by atoms with E-state index >= 15 is 0 Å². The average Bonchev–Trinajstić information content (AvgIpc) is 2.41. The summed E-state index contributed by atoms with van der Waals surface area (Å²) in [5.74, 6) is -0.805. The van der Waals surface area contributed by atoms with Gasteiger partial charge in [-0.15, -0.1) is 12.6 Å². The van der Waals surface area contributed by atoms with Crippen molar-refractivity contribution in [2.24, 2.45) is 5.73 Å². The zero-order valence-corrected chi connectivity index (χ0v) is 12.0. The van der Waals surface area contributed by atoms with Crippen LogP contribution in [0.2, 0.25) is 0 Å². The molecule has 1 amide bonds. The summed E-state index contributed by atoms with van der Waals surface area (Å²) < 4.78 is 43.8. The topological polar surface area (TPSA) is 52.3 Å². The van der Waals surface area contributed by atoms with Gasteiger partial charge in [0.1, 0.15) is 17.3 Å². The molecule has 3 nitrogen and oxygen atoms in total. The Labute approximate surface area is 125 Å². The fourth-order valence-electron chi connectivity index (χ4n) is 1.55. The maximum Gasteiger partial charge on any atom is 0.416 e. The van der Waals surface area contributed by atoms with E-state index in [4.69, 9.17) is 10.5 Å². The zero-order valence-electron chi connectivity index (χ0n) is 11.1. The van der Waals surface area contributed by atoms with Crippen LogP contribution >= 0.6 is 12.6 Å². The van der Waals surface area contributed by atoms with Crippen LogP contribution in [-0.4, -0.2) is 5.91 Å². The summed E-state index contributed by atoms with van der Waals surface area (Å²) in [7, 11) is 0. The van der Waals surface area contributed by atoms with Crippen molar-refractivity contribution in [2.45, 2.75) is 19.7 Å². The van der Waals surface area contributed by atoms with Gasteiger partial charge in [0.05, 0.1) is 5.56 Å². The highest BCUT2D eigenvalue weighted by atomic mass is 32.1. The minimum atomic E-state index is -4.47. The molecule has 1 aromatic rings. The number of alkyl halides is 3. The predicted molar refractivity (Wildman–Crippen MR) is 76.3 cm³/mol. The zero-order chi connectivity index (χ0) is 16.0. The highest BCUT2D eigenvalue weighted by Gasteiger charge is 2.33. The molecule has 2 N–H and O–H groups in total. The SMILES string of the molecule is C/C=C/C(OCc1ccccc1C(F)(F)F)=C(\S)C(N)=O. The largest absolute Gasteiger partial charge is 0.488 e. The van der Waals surface area contributed by atoms with Gasteiger partial charge in [0, 0.05) is 5.56 Å². The van der Waals surface area contributed by atoms with Crippen LogP contribution in [0.1, 0.15) is 18.1 Å². The molecule has 114 valence electrons. The van der Waals surface area contributed by atoms with Crippen molar-refractivity contribution < 1.29 is 22.7 Å². The summed E-state index contributed by atoms with van der Waals surface area (Å²) in [6.07, 6.45) is -1.51. The molecule has 0 bridgehead atoms. The van der Waals surface area contributed by atoms with E-state index in [9.17, 15) is 18.0 Å². The molecule has 0 aliphatic rings. The molecule has 0 aromatic heterocycles. The van der Waals surface area contributed by atoms with Crippen molar-refractivity contribution in [2.75, 3.05) is 0 Å². The Balaban J connectivity index is 3.03. The number of benzene rings is 1. The van der Waals surface area contributed by atoms with Crippen molar-refractivity contribution in [3.05, 3.63) is 58.2 Å². The third-order valence-corrected chi connectivity index (χ3v) is 2.93. The third kappa shape index (κ3) is 4.86. The van der Waals surface area contributed by atoms with Crippen LogP contribution < -0.4 is 5.73 Å². The number of primary amides is 1. The molecule has 0 spiro atoms. The molecule has 0 radical (unpaired) electrons. The van der Waals surface area contributed by atoms with Crippen molar-refractivity contribution in [3.8, 4) is 0 Å². The van der Waals surface area contributed by atoms with E-state index in [1.807, 2.05) is 0 Å². The number of rotatable bonds is 5. The second-order valence-corrected chi connectivity index (χ2v) is 4.47. The number of hydrogen-bond acceptors (Lipinski definition) is 3. The number of allylic oxidation sites excluding steroid dienone is 2. The Morgan fingerprint density at radius 2 is 2.00 bits per heavy atom. The number of ether oxygens (including phenoxy) is 1. The van der Waals surface area contributed by atoms with Crippen molar-refractivity contribution >= 4 is 18.5 Å². The molecule has 7 heteroatoms. The number of amides is 1. The van der Waals surface area contributed by atoms with E-state index in [0.29, 0.717) is 0 Å². The Kier molecular flexibility index (Phi) is 5.90. The summed E-state index contributed by atoms with van der Waals surface area (Å²) in [6, 6.07) is 5.04. The summed E-state index contributed by atoms with van der Waals surface area (Å²) in [5.41, 5.74) is 4.24. The van der Waals surface area contributed by atoms with E-state index < -0.39 is 17.6 Å². The van der Waals surface area contributed by atoms with E-state index in [2.05, 4.69) is 12.6 Å². The molecule has 0 saturated heterocycles. The molecule has 1 rings (SSSR count). The lowest BCUT2D eigenvalue weighted by molar-refractivity contribution is -0.138. The second kappa shape index (κ2) is 7.21. The number of carbonyl (C=O) groups is 1. The Morgan fingerprint density at radius 1 is 1.38 bits per heavy atom. The number of halogens is 3. The fraction of sp³-hybridized carbons (Fsp3) is 0.214. The lowest BCUT2D eigenvalue weighted by Gasteiger charge is -2.14. The normalized spacial score (nSPS) is 13.2. The number of hydrogen-bond donors (Lipinski definition) is 2. The Morgan fingerprint density at radius 3 is 2.52 bits per heavy atom. The minimum absolute atomic E-state index is 0.0188. The third-order valence-electron chi connectivity index (χ3n) is 2.49. The molecule has 0 aliphatic heterocycles. The van der Waals surface area contributed by atoms with Gasteiger partial charge in [-0.25, -0.2) is 0 Å². The molecule has 1 aromatic carbocycles. The van der Waals surface area contributed by atoms with Gasteiger partial charge >= 0.3 is 6.18 Å². The van der Waals surface area contributed by atoms with Gasteiger partial charge in [0.15, 0.2) is 0 Å². The second-order valence-electron chi connectivity index (χ2n) is 4.02. The first-order valence-electron chi connectivity index (χ1n) is 5.91. The smallest absolute Gasteiger partial charge is 0.416 e. The van der Waals surface area contributed by atoms with Crippen LogP contribution in [0.5, 0.6) is 0 Å². The van der Waals surface area contributed by atoms with Crippen molar-refractivity contribution in [3.63, 3.8) is 0 Å². The van der Waals surface area contributed by atoms with Gasteiger partial charge in [-0.1, -0.05) is 24.3 Å². The summed E-state index contributed by atoms with van der Waals surface area (Å²) >= 11 is 3.89. The van der Waals surface area contributed by atoms with Gasteiger partial charge in [0.25, 0.3) is 5.91 Å². The summed E-state index contributed by atoms with van der Waals surface area (Å²) in [4.78, 5) is 10.9. The van der Waals surface area contributed by atoms with Gasteiger partial charge < -0.3 is 10.5 Å². The molecule has 0 heterocycles. The highest BCUT2D eigenvalue weighted by Crippen LogP contribution is 2.32. The minimum Gasteiger partial charge on any atom is -0.488 e. The van der Waals surface area contributed by atoms with E-state index in [1.54, 1.807) is 13.0 Å². The van der Waals surface area contributed by atoms with Crippen LogP contribution in [0, 0.1) is 0 Å². The number of thiol groups is 1. The van der Waals surface area contributed by atoms with E-state index in [-0.39, 0.29) is 22.8 Å². The van der Waals surface area contributed by atoms with Crippen LogP contribution in [-0.2, 0) is 22.3 Å². The molecule has 0 fully saturated rings. The van der Waals surface area contributed by atoms with Crippen LogP contribution in [0.4, 0.5) is 13.2 Å². The highest BCUT2D eigenvalue weighted by molar-refractivity contribution is 7.85. The van der Waals surface area contributed by atoms with Gasteiger partial charge in [-0.3, -0.25) is 4.79 Å². The average molecular weight is 317 g/mol. The van der Waals surface area contributed by atoms with Gasteiger partial charge in [0.2, 0.25) is 0 Å². The predicted octanol–water partition coefficient (Wildman–Crippen LogP) is 3.42. The lowest BCUT2D eigenvalue weighted by Crippen LogP contribution is -2.14. The fourth-order valence-corrected chi connectivity index (χ4v) is 1.69. The molecule has 0 saturated carbocycles. The van der Waals surface area contributed by atoms with Gasteiger partial charge in [-0.05, 0) is 19.1 Å². The molecular formula is C14H14F3NO2S. The molecule has 0 aliphatic carbocycles. The molecule has 0 unspecified atom stereocenters. The maximum absolute atomic E-state index is 12.8. The number of nitrogens with two attached hydrogens (primary N) is 1. The number of carbonyl (C=O) groups excluding carboxylic acids is 1. The van der Waals surface area contributed by atoms with Gasteiger partial charge in [-0.2, -0.15) is 13.2 Å². The first-order valence-corrected chi connectivity index (χ1v) is 6.35. The van der Waals surface area contributed by atoms with Crippen molar-refractivity contribution in [1.82, 2.24) is 0 Å².